The van der Waals surface area contributed by atoms with Crippen molar-refractivity contribution in [3.63, 3.8) is 0 Å². The van der Waals surface area contributed by atoms with Crippen molar-refractivity contribution < 1.29 is 9.50 Å². The van der Waals surface area contributed by atoms with Gasteiger partial charge < -0.3 is 10.8 Å². The summed E-state index contributed by atoms with van der Waals surface area (Å²) in [4.78, 5) is 0. The van der Waals surface area contributed by atoms with Gasteiger partial charge in [0, 0.05) is 6.04 Å². The molecule has 78 valence electrons. The monoisotopic (exact) mass is 197 g/mol. The van der Waals surface area contributed by atoms with Crippen molar-refractivity contribution in [3.05, 3.63) is 35.1 Å². The molecule has 0 saturated carbocycles. The second-order valence-corrected chi connectivity index (χ2v) is 3.77. The molecule has 0 aliphatic heterocycles. The molecule has 0 spiro atoms. The summed E-state index contributed by atoms with van der Waals surface area (Å²) in [5, 5.41) is 9.06. The highest BCUT2D eigenvalue weighted by atomic mass is 19.1. The fraction of sp³-hybridized carbons (Fsp3) is 0.455. The van der Waals surface area contributed by atoms with Crippen LogP contribution in [-0.4, -0.2) is 5.11 Å². The fourth-order valence-electron chi connectivity index (χ4n) is 1.38. The van der Waals surface area contributed by atoms with E-state index in [0.717, 1.165) is 0 Å². The predicted octanol–water partition coefficient (Wildman–Crippen LogP) is 1.97. The van der Waals surface area contributed by atoms with Crippen molar-refractivity contribution in [2.75, 3.05) is 0 Å². The highest BCUT2D eigenvalue weighted by Gasteiger charge is 2.14. The van der Waals surface area contributed by atoms with Gasteiger partial charge in [-0.05, 0) is 29.2 Å². The van der Waals surface area contributed by atoms with Crippen molar-refractivity contribution in [1.29, 1.82) is 0 Å². The second-order valence-electron chi connectivity index (χ2n) is 3.77. The van der Waals surface area contributed by atoms with Crippen molar-refractivity contribution >= 4 is 0 Å². The summed E-state index contributed by atoms with van der Waals surface area (Å²) in [6, 6.07) is 4.08. The average molecular weight is 197 g/mol. The Labute approximate surface area is 83.6 Å². The van der Waals surface area contributed by atoms with Gasteiger partial charge in [-0.2, -0.15) is 0 Å². The van der Waals surface area contributed by atoms with E-state index in [4.69, 9.17) is 10.8 Å². The Bertz CT molecular complexity index is 312. The summed E-state index contributed by atoms with van der Waals surface area (Å²) in [6.45, 7) is 3.84. The zero-order valence-corrected chi connectivity index (χ0v) is 8.50. The van der Waals surface area contributed by atoms with Crippen LogP contribution in [0.5, 0.6) is 0 Å². The van der Waals surface area contributed by atoms with Crippen LogP contribution in [0.25, 0.3) is 0 Å². The predicted molar refractivity (Wildman–Crippen MR) is 54.1 cm³/mol. The minimum Gasteiger partial charge on any atom is -0.392 e. The Balaban J connectivity index is 3.10. The summed E-state index contributed by atoms with van der Waals surface area (Å²) in [5.74, 6) is -0.0876. The molecule has 2 nitrogen and oxygen atoms in total. The van der Waals surface area contributed by atoms with Gasteiger partial charge in [0.05, 0.1) is 6.61 Å². The lowest BCUT2D eigenvalue weighted by Gasteiger charge is -2.18. The van der Waals surface area contributed by atoms with Crippen LogP contribution >= 0.6 is 0 Å². The summed E-state index contributed by atoms with van der Waals surface area (Å²) in [6.07, 6.45) is 0. The third-order valence-electron chi connectivity index (χ3n) is 2.36. The number of benzene rings is 1. The quantitative estimate of drug-likeness (QED) is 0.778. The topological polar surface area (TPSA) is 46.2 Å². The Hall–Kier alpha value is -0.930. The molecule has 0 radical (unpaired) electrons. The van der Waals surface area contributed by atoms with Crippen LogP contribution in [0, 0.1) is 11.7 Å². The number of aliphatic hydroxyl groups is 1. The Kier molecular flexibility index (Phi) is 3.61. The summed E-state index contributed by atoms with van der Waals surface area (Å²) in [5.41, 5.74) is 7.30. The normalized spacial score (nSPS) is 13.3. The molecule has 1 atom stereocenters. The van der Waals surface area contributed by atoms with Crippen LogP contribution in [-0.2, 0) is 6.61 Å². The van der Waals surface area contributed by atoms with Gasteiger partial charge in [0.2, 0.25) is 0 Å². The Morgan fingerprint density at radius 1 is 1.43 bits per heavy atom. The van der Waals surface area contributed by atoms with Crippen LogP contribution in [0.4, 0.5) is 4.39 Å². The van der Waals surface area contributed by atoms with Crippen LogP contribution in [0.15, 0.2) is 18.2 Å². The van der Waals surface area contributed by atoms with Crippen LogP contribution < -0.4 is 5.73 Å². The summed E-state index contributed by atoms with van der Waals surface area (Å²) >= 11 is 0. The zero-order chi connectivity index (χ0) is 10.7. The third kappa shape index (κ3) is 2.30. The van der Waals surface area contributed by atoms with Gasteiger partial charge in [-0.25, -0.2) is 4.39 Å². The molecule has 3 N–H and O–H groups in total. The molecule has 1 aromatic carbocycles. The maximum atomic E-state index is 13.0. The van der Waals surface area contributed by atoms with Gasteiger partial charge in [0.15, 0.2) is 0 Å². The molecule has 0 aliphatic carbocycles. The molecular weight excluding hydrogens is 181 g/mol. The maximum absolute atomic E-state index is 13.0. The zero-order valence-electron chi connectivity index (χ0n) is 8.50. The largest absolute Gasteiger partial charge is 0.392 e. The molecule has 0 heterocycles. The molecule has 3 heteroatoms. The minimum absolute atomic E-state index is 0.101. The standard InChI is InChI=1S/C11H16FNO/c1-7(2)11(13)10-5-9(12)4-3-8(10)6-14/h3-5,7,11,14H,6,13H2,1-2H3/t11-/m0/s1. The first-order valence-corrected chi connectivity index (χ1v) is 4.71. The van der Waals surface area contributed by atoms with E-state index in [9.17, 15) is 4.39 Å². The molecule has 0 amide bonds. The highest BCUT2D eigenvalue weighted by Crippen LogP contribution is 2.23. The summed E-state index contributed by atoms with van der Waals surface area (Å²) in [7, 11) is 0. The van der Waals surface area contributed by atoms with Crippen molar-refractivity contribution in [2.45, 2.75) is 26.5 Å². The average Bonchev–Trinajstić information content (AvgIpc) is 2.16. The number of hydrogen-bond donors (Lipinski definition) is 2. The van der Waals surface area contributed by atoms with Crippen molar-refractivity contribution in [3.8, 4) is 0 Å². The minimum atomic E-state index is -0.312. The number of rotatable bonds is 3. The SMILES string of the molecule is CC(C)[C@H](N)c1cc(F)ccc1CO. The maximum Gasteiger partial charge on any atom is 0.123 e. The van der Waals surface area contributed by atoms with E-state index >= 15 is 0 Å². The number of halogens is 1. The van der Waals surface area contributed by atoms with Gasteiger partial charge >= 0.3 is 0 Å². The molecule has 0 bridgehead atoms. The van der Waals surface area contributed by atoms with Crippen LogP contribution in [0.3, 0.4) is 0 Å². The van der Waals surface area contributed by atoms with E-state index < -0.39 is 0 Å². The highest BCUT2D eigenvalue weighted by molar-refractivity contribution is 5.30. The third-order valence-corrected chi connectivity index (χ3v) is 2.36. The van der Waals surface area contributed by atoms with E-state index in [2.05, 4.69) is 0 Å². The van der Waals surface area contributed by atoms with Gasteiger partial charge in [0.1, 0.15) is 5.82 Å². The first kappa shape index (κ1) is 11.1. The molecule has 1 aromatic rings. The number of aliphatic hydroxyl groups excluding tert-OH is 1. The van der Waals surface area contributed by atoms with E-state index in [-0.39, 0.29) is 24.4 Å². The molecule has 1 rings (SSSR count). The van der Waals surface area contributed by atoms with E-state index in [1.807, 2.05) is 13.8 Å². The van der Waals surface area contributed by atoms with E-state index in [0.29, 0.717) is 11.1 Å². The first-order chi connectivity index (χ1) is 6.56. The molecule has 14 heavy (non-hydrogen) atoms. The lowest BCUT2D eigenvalue weighted by atomic mass is 9.93. The number of hydrogen-bond acceptors (Lipinski definition) is 2. The van der Waals surface area contributed by atoms with Gasteiger partial charge in [-0.3, -0.25) is 0 Å². The Morgan fingerprint density at radius 2 is 2.07 bits per heavy atom. The summed E-state index contributed by atoms with van der Waals surface area (Å²) < 4.78 is 13.0. The lowest BCUT2D eigenvalue weighted by Crippen LogP contribution is -2.18. The molecule has 0 fully saturated rings. The first-order valence-electron chi connectivity index (χ1n) is 4.71. The van der Waals surface area contributed by atoms with Gasteiger partial charge in [-0.15, -0.1) is 0 Å². The lowest BCUT2D eigenvalue weighted by molar-refractivity contribution is 0.278. The molecule has 0 aromatic heterocycles. The van der Waals surface area contributed by atoms with Gasteiger partial charge in [0.25, 0.3) is 0 Å². The smallest absolute Gasteiger partial charge is 0.123 e. The van der Waals surface area contributed by atoms with Crippen molar-refractivity contribution in [1.82, 2.24) is 0 Å². The fourth-order valence-corrected chi connectivity index (χ4v) is 1.38. The molecule has 0 aliphatic rings. The van der Waals surface area contributed by atoms with Crippen molar-refractivity contribution in [2.24, 2.45) is 11.7 Å². The van der Waals surface area contributed by atoms with Crippen LogP contribution in [0.2, 0.25) is 0 Å². The van der Waals surface area contributed by atoms with Crippen LogP contribution in [0.1, 0.15) is 31.0 Å². The van der Waals surface area contributed by atoms with E-state index in [1.54, 1.807) is 6.07 Å². The van der Waals surface area contributed by atoms with Gasteiger partial charge in [-0.1, -0.05) is 19.9 Å². The van der Waals surface area contributed by atoms with E-state index in [1.165, 1.54) is 12.1 Å². The Morgan fingerprint density at radius 3 is 2.57 bits per heavy atom. The molecule has 0 saturated heterocycles. The second kappa shape index (κ2) is 4.53. The molecule has 0 unspecified atom stereocenters. The molecular formula is C11H16FNO. The number of nitrogens with two attached hydrogens (primary N) is 1.